The Labute approximate surface area is 101 Å². The minimum atomic E-state index is -3.17. The van der Waals surface area contributed by atoms with E-state index in [1.54, 1.807) is 19.1 Å². The molecule has 1 rings (SSSR count). The first-order valence-electron chi connectivity index (χ1n) is 5.13. The third-order valence-corrected chi connectivity index (χ3v) is 3.36. The molecule has 0 saturated heterocycles. The number of nitrogens with one attached hydrogen (secondary N) is 1. The molecule has 0 radical (unpaired) electrons. The Morgan fingerprint density at radius 1 is 1.35 bits per heavy atom. The van der Waals surface area contributed by atoms with Gasteiger partial charge in [-0.05, 0) is 24.6 Å². The summed E-state index contributed by atoms with van der Waals surface area (Å²) in [6.45, 7) is 1.94. The van der Waals surface area contributed by atoms with Crippen molar-refractivity contribution in [2.24, 2.45) is 5.73 Å². The number of amides is 1. The molecule has 0 aliphatic rings. The highest BCUT2D eigenvalue weighted by atomic mass is 32.2. The molecule has 1 aromatic carbocycles. The Morgan fingerprint density at radius 2 is 1.88 bits per heavy atom. The largest absolute Gasteiger partial charge is 0.351 e. The van der Waals surface area contributed by atoms with Gasteiger partial charge in [0.05, 0.1) is 10.9 Å². The number of hydrogen-bond donors (Lipinski definition) is 2. The maximum Gasteiger partial charge on any atom is 0.236 e. The number of hydrogen-bond acceptors (Lipinski definition) is 4. The lowest BCUT2D eigenvalue weighted by molar-refractivity contribution is -0.122. The molecule has 0 fully saturated rings. The molecule has 1 atom stereocenters. The van der Waals surface area contributed by atoms with Gasteiger partial charge < -0.3 is 11.1 Å². The summed E-state index contributed by atoms with van der Waals surface area (Å²) in [5, 5.41) is 2.64. The van der Waals surface area contributed by atoms with Crippen molar-refractivity contribution in [3.63, 3.8) is 0 Å². The van der Waals surface area contributed by atoms with E-state index in [-0.39, 0.29) is 10.8 Å². The highest BCUT2D eigenvalue weighted by Gasteiger charge is 2.08. The second kappa shape index (κ2) is 5.29. The lowest BCUT2D eigenvalue weighted by Gasteiger charge is -2.08. The summed E-state index contributed by atoms with van der Waals surface area (Å²) in [4.78, 5) is 11.5. The van der Waals surface area contributed by atoms with Crippen molar-refractivity contribution in [2.75, 3.05) is 6.26 Å². The van der Waals surface area contributed by atoms with Gasteiger partial charge in [-0.15, -0.1) is 0 Å². The summed E-state index contributed by atoms with van der Waals surface area (Å²) >= 11 is 0. The molecule has 1 aromatic rings. The average Bonchev–Trinajstić information content (AvgIpc) is 2.25. The van der Waals surface area contributed by atoms with Gasteiger partial charge in [-0.1, -0.05) is 12.1 Å². The average molecular weight is 256 g/mol. The van der Waals surface area contributed by atoms with E-state index in [9.17, 15) is 13.2 Å². The van der Waals surface area contributed by atoms with Crippen LogP contribution in [0.5, 0.6) is 0 Å². The van der Waals surface area contributed by atoms with E-state index in [0.717, 1.165) is 11.8 Å². The molecule has 5 nitrogen and oxygen atoms in total. The van der Waals surface area contributed by atoms with Crippen molar-refractivity contribution >= 4 is 15.7 Å². The molecule has 0 aromatic heterocycles. The molecule has 1 amide bonds. The third kappa shape index (κ3) is 4.16. The third-order valence-electron chi connectivity index (χ3n) is 2.23. The lowest BCUT2D eigenvalue weighted by Crippen LogP contribution is -2.37. The molecule has 0 bridgehead atoms. The quantitative estimate of drug-likeness (QED) is 0.796. The van der Waals surface area contributed by atoms with Gasteiger partial charge >= 0.3 is 0 Å². The van der Waals surface area contributed by atoms with Crippen molar-refractivity contribution in [3.8, 4) is 0 Å². The van der Waals surface area contributed by atoms with Gasteiger partial charge in [-0.2, -0.15) is 0 Å². The molecular weight excluding hydrogens is 240 g/mol. The van der Waals surface area contributed by atoms with Crippen molar-refractivity contribution in [2.45, 2.75) is 24.4 Å². The molecule has 94 valence electrons. The van der Waals surface area contributed by atoms with Gasteiger partial charge in [-0.3, -0.25) is 4.79 Å². The van der Waals surface area contributed by atoms with E-state index < -0.39 is 15.9 Å². The van der Waals surface area contributed by atoms with Crippen molar-refractivity contribution in [1.82, 2.24) is 5.32 Å². The van der Waals surface area contributed by atoms with Crippen LogP contribution in [0, 0.1) is 0 Å². The second-order valence-corrected chi connectivity index (χ2v) is 5.94. The zero-order valence-electron chi connectivity index (χ0n) is 9.80. The Balaban J connectivity index is 2.67. The molecule has 17 heavy (non-hydrogen) atoms. The minimum Gasteiger partial charge on any atom is -0.351 e. The van der Waals surface area contributed by atoms with Crippen LogP contribution in [-0.2, 0) is 21.2 Å². The summed E-state index contributed by atoms with van der Waals surface area (Å²) in [6.07, 6.45) is 1.15. The Bertz CT molecular complexity index is 492. The van der Waals surface area contributed by atoms with E-state index in [4.69, 9.17) is 5.73 Å². The maximum absolute atomic E-state index is 11.2. The van der Waals surface area contributed by atoms with Gasteiger partial charge in [-0.25, -0.2) is 8.42 Å². The van der Waals surface area contributed by atoms with E-state index in [2.05, 4.69) is 5.32 Å². The van der Waals surface area contributed by atoms with Crippen LogP contribution >= 0.6 is 0 Å². The first-order valence-corrected chi connectivity index (χ1v) is 7.02. The topological polar surface area (TPSA) is 89.3 Å². The molecule has 0 saturated carbocycles. The summed E-state index contributed by atoms with van der Waals surface area (Å²) < 4.78 is 22.4. The van der Waals surface area contributed by atoms with Crippen LogP contribution in [0.2, 0.25) is 0 Å². The van der Waals surface area contributed by atoms with Crippen LogP contribution in [0.3, 0.4) is 0 Å². The van der Waals surface area contributed by atoms with Crippen LogP contribution in [0.1, 0.15) is 12.5 Å². The molecule has 0 aliphatic heterocycles. The molecule has 6 heteroatoms. The monoisotopic (exact) mass is 256 g/mol. The molecule has 0 unspecified atom stereocenters. The Morgan fingerprint density at radius 3 is 2.29 bits per heavy atom. The Hall–Kier alpha value is -1.40. The molecular formula is C11H16N2O3S. The first-order chi connectivity index (χ1) is 7.80. The predicted octanol–water partition coefficient (Wildman–Crippen LogP) is 0.0535. The zero-order chi connectivity index (χ0) is 13.1. The lowest BCUT2D eigenvalue weighted by atomic mass is 10.2. The number of benzene rings is 1. The standard InChI is InChI=1S/C11H16N2O3S/c1-8(12)11(14)13-7-9-3-5-10(6-4-9)17(2,15)16/h3-6,8H,7,12H2,1-2H3,(H,13,14)/t8-/m1/s1. The highest BCUT2D eigenvalue weighted by Crippen LogP contribution is 2.10. The van der Waals surface area contributed by atoms with Gasteiger partial charge in [0.2, 0.25) is 5.91 Å². The van der Waals surface area contributed by atoms with Crippen LogP contribution in [0.15, 0.2) is 29.2 Å². The van der Waals surface area contributed by atoms with Crippen LogP contribution in [0.4, 0.5) is 0 Å². The van der Waals surface area contributed by atoms with E-state index >= 15 is 0 Å². The van der Waals surface area contributed by atoms with Crippen molar-refractivity contribution in [3.05, 3.63) is 29.8 Å². The van der Waals surface area contributed by atoms with E-state index in [0.29, 0.717) is 6.54 Å². The first kappa shape index (κ1) is 13.7. The fourth-order valence-corrected chi connectivity index (χ4v) is 1.84. The number of carbonyl (C=O) groups excluding carboxylic acids is 1. The smallest absolute Gasteiger partial charge is 0.236 e. The van der Waals surface area contributed by atoms with E-state index in [1.165, 1.54) is 12.1 Å². The highest BCUT2D eigenvalue weighted by molar-refractivity contribution is 7.90. The normalized spacial score (nSPS) is 13.1. The maximum atomic E-state index is 11.2. The van der Waals surface area contributed by atoms with Gasteiger partial charge in [0.1, 0.15) is 0 Å². The second-order valence-electron chi connectivity index (χ2n) is 3.92. The summed E-state index contributed by atoms with van der Waals surface area (Å²) in [6, 6.07) is 5.81. The van der Waals surface area contributed by atoms with Gasteiger partial charge in [0.25, 0.3) is 0 Å². The van der Waals surface area contributed by atoms with E-state index in [1.807, 2.05) is 0 Å². The van der Waals surface area contributed by atoms with Crippen LogP contribution in [-0.4, -0.2) is 26.6 Å². The predicted molar refractivity (Wildman–Crippen MR) is 65.0 cm³/mol. The number of nitrogens with two attached hydrogens (primary N) is 1. The van der Waals surface area contributed by atoms with Crippen molar-refractivity contribution < 1.29 is 13.2 Å². The summed E-state index contributed by atoms with van der Waals surface area (Å²) in [7, 11) is -3.17. The molecule has 0 heterocycles. The summed E-state index contributed by atoms with van der Waals surface area (Å²) in [5.41, 5.74) is 6.22. The minimum absolute atomic E-state index is 0.239. The van der Waals surface area contributed by atoms with Gasteiger partial charge in [0, 0.05) is 12.8 Å². The SMILES string of the molecule is C[C@@H](N)C(=O)NCc1ccc(S(C)(=O)=O)cc1. The fraction of sp³-hybridized carbons (Fsp3) is 0.364. The fourth-order valence-electron chi connectivity index (χ4n) is 1.20. The molecule has 0 spiro atoms. The van der Waals surface area contributed by atoms with Crippen molar-refractivity contribution in [1.29, 1.82) is 0 Å². The Kier molecular flexibility index (Phi) is 4.25. The number of carbonyl (C=O) groups is 1. The number of rotatable bonds is 4. The summed E-state index contributed by atoms with van der Waals surface area (Å²) in [5.74, 6) is -0.239. The van der Waals surface area contributed by atoms with Crippen LogP contribution in [0.25, 0.3) is 0 Å². The zero-order valence-corrected chi connectivity index (χ0v) is 10.6. The van der Waals surface area contributed by atoms with Crippen LogP contribution < -0.4 is 11.1 Å². The molecule has 0 aliphatic carbocycles. The van der Waals surface area contributed by atoms with Gasteiger partial charge in [0.15, 0.2) is 9.84 Å². The molecule has 3 N–H and O–H groups in total. The number of sulfone groups is 1.